The summed E-state index contributed by atoms with van der Waals surface area (Å²) in [5.74, 6) is -0.538. The molecule has 0 saturated heterocycles. The Morgan fingerprint density at radius 2 is 1.75 bits per heavy atom. The number of likely N-dealkylation sites (N-methyl/N-ethyl adjacent to an activating group) is 1. The molecule has 0 fully saturated rings. The Morgan fingerprint density at radius 1 is 1.19 bits per heavy atom. The maximum atomic E-state index is 11.1. The van der Waals surface area contributed by atoms with E-state index in [9.17, 15) is 4.79 Å². The largest absolute Gasteiger partial charge is 0.480 e. The van der Waals surface area contributed by atoms with Gasteiger partial charge in [0.25, 0.3) is 0 Å². The number of carboxylic acids is 1. The summed E-state index contributed by atoms with van der Waals surface area (Å²) in [6.45, 7) is 7.02. The van der Waals surface area contributed by atoms with Crippen LogP contribution in [0.5, 0.6) is 0 Å². The molecular weight excluding hydrogens is 202 g/mol. The smallest absolute Gasteiger partial charge is 0.321 e. The molecule has 0 radical (unpaired) electrons. The maximum Gasteiger partial charge on any atom is 0.321 e. The average molecular weight is 229 g/mol. The molecule has 0 aliphatic rings. The van der Waals surface area contributed by atoms with E-state index in [1.807, 2.05) is 25.8 Å². The van der Waals surface area contributed by atoms with Crippen LogP contribution in [0.4, 0.5) is 0 Å². The Morgan fingerprint density at radius 3 is 2.19 bits per heavy atom. The standard InChI is InChI=1S/C13H27NO2/c1-5-6-7-8-9-10-14(4)12(11(2)3)13(15)16/h11-12H,5-10H2,1-4H3,(H,15,16). The summed E-state index contributed by atoms with van der Waals surface area (Å²) >= 11 is 0. The zero-order valence-corrected chi connectivity index (χ0v) is 11.2. The van der Waals surface area contributed by atoms with Crippen LogP contribution in [0.2, 0.25) is 0 Å². The van der Waals surface area contributed by atoms with Gasteiger partial charge < -0.3 is 5.11 Å². The number of rotatable bonds is 9. The zero-order chi connectivity index (χ0) is 12.6. The first-order valence-electron chi connectivity index (χ1n) is 6.43. The van der Waals surface area contributed by atoms with Crippen molar-refractivity contribution >= 4 is 5.97 Å². The van der Waals surface area contributed by atoms with Crippen molar-refractivity contribution in [2.75, 3.05) is 13.6 Å². The molecule has 0 rings (SSSR count). The van der Waals surface area contributed by atoms with Crippen LogP contribution < -0.4 is 0 Å². The van der Waals surface area contributed by atoms with E-state index in [1.165, 1.54) is 25.7 Å². The third kappa shape index (κ3) is 6.11. The Bertz CT molecular complexity index is 192. The van der Waals surface area contributed by atoms with E-state index in [0.717, 1.165) is 13.0 Å². The van der Waals surface area contributed by atoms with Gasteiger partial charge in [0.05, 0.1) is 0 Å². The Labute approximate surface area is 99.8 Å². The number of carboxylic acid groups (broad SMARTS) is 1. The van der Waals surface area contributed by atoms with Crippen molar-refractivity contribution < 1.29 is 9.90 Å². The van der Waals surface area contributed by atoms with Crippen molar-refractivity contribution in [1.82, 2.24) is 4.90 Å². The molecule has 0 heterocycles. The van der Waals surface area contributed by atoms with E-state index < -0.39 is 5.97 Å². The highest BCUT2D eigenvalue weighted by molar-refractivity contribution is 5.73. The second-order valence-electron chi connectivity index (χ2n) is 4.92. The number of unbranched alkanes of at least 4 members (excludes halogenated alkanes) is 4. The first kappa shape index (κ1) is 15.4. The van der Waals surface area contributed by atoms with Crippen molar-refractivity contribution in [3.05, 3.63) is 0 Å². The first-order chi connectivity index (χ1) is 7.50. The summed E-state index contributed by atoms with van der Waals surface area (Å²) < 4.78 is 0. The van der Waals surface area contributed by atoms with Gasteiger partial charge in [0.1, 0.15) is 6.04 Å². The maximum absolute atomic E-state index is 11.1. The summed E-state index contributed by atoms with van der Waals surface area (Å²) in [6.07, 6.45) is 6.12. The molecule has 16 heavy (non-hydrogen) atoms. The summed E-state index contributed by atoms with van der Waals surface area (Å²) in [4.78, 5) is 13.0. The van der Waals surface area contributed by atoms with Gasteiger partial charge in [0, 0.05) is 0 Å². The number of nitrogens with zero attached hydrogens (tertiary/aromatic N) is 1. The van der Waals surface area contributed by atoms with E-state index in [-0.39, 0.29) is 12.0 Å². The van der Waals surface area contributed by atoms with Crippen molar-refractivity contribution in [1.29, 1.82) is 0 Å². The molecule has 0 spiro atoms. The molecule has 0 saturated carbocycles. The van der Waals surface area contributed by atoms with Crippen LogP contribution in [0.25, 0.3) is 0 Å². The minimum Gasteiger partial charge on any atom is -0.480 e. The van der Waals surface area contributed by atoms with Crippen LogP contribution in [0.3, 0.4) is 0 Å². The first-order valence-corrected chi connectivity index (χ1v) is 6.43. The molecule has 0 amide bonds. The highest BCUT2D eigenvalue weighted by Gasteiger charge is 2.25. The van der Waals surface area contributed by atoms with Gasteiger partial charge in [-0.25, -0.2) is 0 Å². The van der Waals surface area contributed by atoms with Crippen LogP contribution >= 0.6 is 0 Å². The molecule has 3 nitrogen and oxygen atoms in total. The lowest BCUT2D eigenvalue weighted by Gasteiger charge is -2.27. The number of carbonyl (C=O) groups is 1. The Kier molecular flexibility index (Phi) is 8.26. The van der Waals surface area contributed by atoms with Gasteiger partial charge in [-0.05, 0) is 25.9 Å². The molecule has 0 bridgehead atoms. The summed E-state index contributed by atoms with van der Waals surface area (Å²) in [6, 6.07) is -0.342. The van der Waals surface area contributed by atoms with Crippen LogP contribution in [-0.4, -0.2) is 35.6 Å². The van der Waals surface area contributed by atoms with Gasteiger partial charge in [-0.15, -0.1) is 0 Å². The zero-order valence-electron chi connectivity index (χ0n) is 11.2. The molecule has 1 unspecified atom stereocenters. The minimum absolute atomic E-state index is 0.165. The SMILES string of the molecule is CCCCCCCN(C)C(C(=O)O)C(C)C. The molecule has 0 aromatic heterocycles. The predicted octanol–water partition coefficient (Wildman–Crippen LogP) is 3.00. The number of hydrogen-bond donors (Lipinski definition) is 1. The topological polar surface area (TPSA) is 40.5 Å². The number of aliphatic carboxylic acids is 1. The molecule has 0 aliphatic carbocycles. The molecule has 1 atom stereocenters. The van der Waals surface area contributed by atoms with Crippen LogP contribution in [0.1, 0.15) is 52.9 Å². The van der Waals surface area contributed by atoms with Crippen LogP contribution in [0.15, 0.2) is 0 Å². The Hall–Kier alpha value is -0.570. The van der Waals surface area contributed by atoms with E-state index >= 15 is 0 Å². The fourth-order valence-corrected chi connectivity index (χ4v) is 2.09. The molecule has 0 aliphatic heterocycles. The van der Waals surface area contributed by atoms with E-state index in [2.05, 4.69) is 6.92 Å². The van der Waals surface area contributed by atoms with Gasteiger partial charge in [0.2, 0.25) is 0 Å². The van der Waals surface area contributed by atoms with Gasteiger partial charge in [-0.2, -0.15) is 0 Å². The van der Waals surface area contributed by atoms with Gasteiger partial charge in [-0.3, -0.25) is 9.69 Å². The summed E-state index contributed by atoms with van der Waals surface area (Å²) in [7, 11) is 1.92. The van der Waals surface area contributed by atoms with Crippen molar-refractivity contribution in [3.8, 4) is 0 Å². The quantitative estimate of drug-likeness (QED) is 0.618. The molecule has 3 heteroatoms. The Balaban J connectivity index is 3.84. The summed E-state index contributed by atoms with van der Waals surface area (Å²) in [5.41, 5.74) is 0. The predicted molar refractivity (Wildman–Crippen MR) is 67.7 cm³/mol. The lowest BCUT2D eigenvalue weighted by atomic mass is 10.0. The van der Waals surface area contributed by atoms with Crippen molar-refractivity contribution in [3.63, 3.8) is 0 Å². The third-order valence-electron chi connectivity index (χ3n) is 2.97. The second kappa shape index (κ2) is 8.57. The van der Waals surface area contributed by atoms with E-state index in [0.29, 0.717) is 0 Å². The molecule has 96 valence electrons. The normalized spacial score (nSPS) is 13.4. The monoisotopic (exact) mass is 229 g/mol. The van der Waals surface area contributed by atoms with Crippen LogP contribution in [0, 0.1) is 5.92 Å². The summed E-state index contributed by atoms with van der Waals surface area (Å²) in [5, 5.41) is 9.11. The lowest BCUT2D eigenvalue weighted by molar-refractivity contribution is -0.144. The number of hydrogen-bond acceptors (Lipinski definition) is 2. The second-order valence-corrected chi connectivity index (χ2v) is 4.92. The average Bonchev–Trinajstić information content (AvgIpc) is 2.16. The van der Waals surface area contributed by atoms with Crippen LogP contribution in [-0.2, 0) is 4.79 Å². The highest BCUT2D eigenvalue weighted by atomic mass is 16.4. The van der Waals surface area contributed by atoms with E-state index in [1.54, 1.807) is 0 Å². The van der Waals surface area contributed by atoms with Gasteiger partial charge in [0.15, 0.2) is 0 Å². The molecule has 0 aromatic rings. The fourth-order valence-electron chi connectivity index (χ4n) is 2.09. The fraction of sp³-hybridized carbons (Fsp3) is 0.923. The van der Waals surface area contributed by atoms with Crippen molar-refractivity contribution in [2.45, 2.75) is 58.9 Å². The third-order valence-corrected chi connectivity index (χ3v) is 2.97. The molecule has 0 aromatic carbocycles. The molecular formula is C13H27NO2. The van der Waals surface area contributed by atoms with Gasteiger partial charge in [-0.1, -0.05) is 46.5 Å². The minimum atomic E-state index is -0.703. The lowest BCUT2D eigenvalue weighted by Crippen LogP contribution is -2.42. The van der Waals surface area contributed by atoms with Gasteiger partial charge >= 0.3 is 5.97 Å². The molecule has 1 N–H and O–H groups in total. The van der Waals surface area contributed by atoms with Crippen molar-refractivity contribution in [2.24, 2.45) is 5.92 Å². The van der Waals surface area contributed by atoms with E-state index in [4.69, 9.17) is 5.11 Å². The highest BCUT2D eigenvalue weighted by Crippen LogP contribution is 2.11.